The zero-order valence-electron chi connectivity index (χ0n) is 15.9. The van der Waals surface area contributed by atoms with Gasteiger partial charge in [-0.1, -0.05) is 39.7 Å². The van der Waals surface area contributed by atoms with Crippen molar-refractivity contribution in [3.63, 3.8) is 0 Å². The number of rotatable bonds is 5. The minimum atomic E-state index is -0.497. The summed E-state index contributed by atoms with van der Waals surface area (Å²) in [5.41, 5.74) is 1.72. The Balaban J connectivity index is 2.25. The molecule has 1 unspecified atom stereocenters. The maximum Gasteiger partial charge on any atom is 0.247 e. The molecule has 1 aliphatic rings. The first-order valence-corrected chi connectivity index (χ1v) is 8.99. The molecule has 138 valence electrons. The zero-order chi connectivity index (χ0) is 18.6. The molecule has 0 spiro atoms. The first-order chi connectivity index (χ1) is 11.7. The number of ether oxygens (including phenoxy) is 1. The van der Waals surface area contributed by atoms with Crippen LogP contribution in [0.1, 0.15) is 58.9 Å². The molecule has 2 N–H and O–H groups in total. The Bertz CT molecular complexity index is 628. The van der Waals surface area contributed by atoms with E-state index in [1.54, 1.807) is 7.11 Å². The molecule has 0 aliphatic heterocycles. The second-order valence-corrected chi connectivity index (χ2v) is 7.88. The number of hydrogen-bond acceptors (Lipinski definition) is 3. The van der Waals surface area contributed by atoms with Crippen molar-refractivity contribution in [2.24, 2.45) is 5.92 Å². The van der Waals surface area contributed by atoms with Crippen LogP contribution in [0.3, 0.4) is 0 Å². The third-order valence-corrected chi connectivity index (χ3v) is 4.84. The van der Waals surface area contributed by atoms with Gasteiger partial charge in [0.05, 0.1) is 12.8 Å². The summed E-state index contributed by atoms with van der Waals surface area (Å²) in [5, 5.41) is 5.81. The summed E-state index contributed by atoms with van der Waals surface area (Å²) in [6, 6.07) is 5.34. The van der Waals surface area contributed by atoms with Gasteiger partial charge >= 0.3 is 0 Å². The first kappa shape index (κ1) is 19.3. The Morgan fingerprint density at radius 2 is 1.84 bits per heavy atom. The van der Waals surface area contributed by atoms with E-state index in [2.05, 4.69) is 31.4 Å². The summed E-state index contributed by atoms with van der Waals surface area (Å²) in [6.45, 7) is 7.83. The molecular formula is C20H30N2O3. The van der Waals surface area contributed by atoms with E-state index in [4.69, 9.17) is 4.74 Å². The number of carbonyl (C=O) groups is 2. The molecule has 1 fully saturated rings. The second-order valence-electron chi connectivity index (χ2n) is 7.88. The van der Waals surface area contributed by atoms with Gasteiger partial charge in [-0.25, -0.2) is 0 Å². The van der Waals surface area contributed by atoms with E-state index in [0.29, 0.717) is 11.4 Å². The number of benzene rings is 1. The van der Waals surface area contributed by atoms with Gasteiger partial charge in [-0.3, -0.25) is 9.59 Å². The third kappa shape index (κ3) is 4.97. The predicted octanol–water partition coefficient (Wildman–Crippen LogP) is 3.63. The number of anilines is 1. The SMILES string of the molecule is COc1ccc(C(C)(C)C)cc1NC(=O)C(NC(C)=O)C1CCCC1. The molecule has 5 heteroatoms. The molecule has 2 rings (SSSR count). The number of hydrogen-bond donors (Lipinski definition) is 2. The highest BCUT2D eigenvalue weighted by Crippen LogP contribution is 2.33. The molecule has 0 heterocycles. The summed E-state index contributed by atoms with van der Waals surface area (Å²) in [6.07, 6.45) is 4.16. The lowest BCUT2D eigenvalue weighted by Gasteiger charge is -2.25. The van der Waals surface area contributed by atoms with Crippen LogP contribution in [-0.2, 0) is 15.0 Å². The molecule has 0 radical (unpaired) electrons. The molecule has 5 nitrogen and oxygen atoms in total. The maximum absolute atomic E-state index is 12.9. The summed E-state index contributed by atoms with van der Waals surface area (Å²) in [5.74, 6) is 0.462. The lowest BCUT2D eigenvalue weighted by Crippen LogP contribution is -2.47. The Morgan fingerprint density at radius 3 is 2.36 bits per heavy atom. The van der Waals surface area contributed by atoms with Crippen molar-refractivity contribution in [1.29, 1.82) is 0 Å². The molecule has 0 saturated heterocycles. The molecule has 2 amide bonds. The topological polar surface area (TPSA) is 67.4 Å². The van der Waals surface area contributed by atoms with Crippen LogP contribution in [0.4, 0.5) is 5.69 Å². The molecular weight excluding hydrogens is 316 g/mol. The molecule has 0 bridgehead atoms. The Hall–Kier alpha value is -2.04. The van der Waals surface area contributed by atoms with E-state index in [1.807, 2.05) is 18.2 Å². The predicted molar refractivity (Wildman–Crippen MR) is 99.9 cm³/mol. The van der Waals surface area contributed by atoms with Crippen molar-refractivity contribution in [3.8, 4) is 5.75 Å². The number of methoxy groups -OCH3 is 1. The molecule has 1 aliphatic carbocycles. The number of carbonyl (C=O) groups excluding carboxylic acids is 2. The van der Waals surface area contributed by atoms with Gasteiger partial charge < -0.3 is 15.4 Å². The van der Waals surface area contributed by atoms with Gasteiger partial charge in [0.15, 0.2) is 0 Å². The van der Waals surface area contributed by atoms with E-state index >= 15 is 0 Å². The fourth-order valence-corrected chi connectivity index (χ4v) is 3.39. The van der Waals surface area contributed by atoms with Crippen molar-refractivity contribution in [1.82, 2.24) is 5.32 Å². The van der Waals surface area contributed by atoms with Gasteiger partial charge in [0.1, 0.15) is 11.8 Å². The van der Waals surface area contributed by atoms with Crippen LogP contribution in [0.2, 0.25) is 0 Å². The monoisotopic (exact) mass is 346 g/mol. The summed E-state index contributed by atoms with van der Waals surface area (Å²) in [4.78, 5) is 24.4. The van der Waals surface area contributed by atoms with Crippen LogP contribution < -0.4 is 15.4 Å². The molecule has 0 aromatic heterocycles. The highest BCUT2D eigenvalue weighted by molar-refractivity contribution is 5.98. The highest BCUT2D eigenvalue weighted by Gasteiger charge is 2.32. The lowest BCUT2D eigenvalue weighted by molar-refractivity contribution is -0.126. The Morgan fingerprint density at radius 1 is 1.20 bits per heavy atom. The van der Waals surface area contributed by atoms with Gasteiger partial charge in [-0.05, 0) is 41.9 Å². The fourth-order valence-electron chi connectivity index (χ4n) is 3.39. The van der Waals surface area contributed by atoms with E-state index < -0.39 is 6.04 Å². The molecule has 1 atom stereocenters. The number of amides is 2. The van der Waals surface area contributed by atoms with Crippen LogP contribution in [0, 0.1) is 5.92 Å². The van der Waals surface area contributed by atoms with Gasteiger partial charge in [0.25, 0.3) is 0 Å². The van der Waals surface area contributed by atoms with Crippen LogP contribution >= 0.6 is 0 Å². The lowest BCUT2D eigenvalue weighted by atomic mass is 9.86. The van der Waals surface area contributed by atoms with Crippen molar-refractivity contribution in [3.05, 3.63) is 23.8 Å². The normalized spacial score (nSPS) is 16.4. The van der Waals surface area contributed by atoms with Crippen molar-refractivity contribution in [2.45, 2.75) is 64.8 Å². The van der Waals surface area contributed by atoms with Crippen LogP contribution in [-0.4, -0.2) is 25.0 Å². The Labute approximate surface area is 150 Å². The van der Waals surface area contributed by atoms with Gasteiger partial charge in [0.2, 0.25) is 11.8 Å². The van der Waals surface area contributed by atoms with Crippen molar-refractivity contribution >= 4 is 17.5 Å². The maximum atomic E-state index is 12.9. The largest absolute Gasteiger partial charge is 0.495 e. The standard InChI is InChI=1S/C20H30N2O3/c1-13(23)21-18(14-8-6-7-9-14)19(24)22-16-12-15(20(2,3)4)10-11-17(16)25-5/h10-12,14,18H,6-9H2,1-5H3,(H,21,23)(H,22,24). The zero-order valence-corrected chi connectivity index (χ0v) is 15.9. The minimum Gasteiger partial charge on any atom is -0.495 e. The van der Waals surface area contributed by atoms with E-state index in [9.17, 15) is 9.59 Å². The average molecular weight is 346 g/mol. The van der Waals surface area contributed by atoms with Crippen molar-refractivity contribution < 1.29 is 14.3 Å². The van der Waals surface area contributed by atoms with E-state index in [1.165, 1.54) is 6.92 Å². The van der Waals surface area contributed by atoms with Crippen LogP contribution in [0.15, 0.2) is 18.2 Å². The molecule has 1 saturated carbocycles. The summed E-state index contributed by atoms with van der Waals surface area (Å²) in [7, 11) is 1.59. The molecule has 1 aromatic rings. The van der Waals surface area contributed by atoms with Gasteiger partial charge in [-0.2, -0.15) is 0 Å². The molecule has 1 aromatic carbocycles. The summed E-state index contributed by atoms with van der Waals surface area (Å²) < 4.78 is 5.40. The third-order valence-electron chi connectivity index (χ3n) is 4.84. The second kappa shape index (κ2) is 7.89. The first-order valence-electron chi connectivity index (χ1n) is 8.99. The highest BCUT2D eigenvalue weighted by atomic mass is 16.5. The summed E-state index contributed by atoms with van der Waals surface area (Å²) >= 11 is 0. The van der Waals surface area contributed by atoms with E-state index in [0.717, 1.165) is 31.2 Å². The fraction of sp³-hybridized carbons (Fsp3) is 0.600. The number of nitrogens with one attached hydrogen (secondary N) is 2. The minimum absolute atomic E-state index is 0.0335. The quantitative estimate of drug-likeness (QED) is 0.855. The van der Waals surface area contributed by atoms with Gasteiger partial charge in [-0.15, -0.1) is 0 Å². The molecule has 25 heavy (non-hydrogen) atoms. The smallest absolute Gasteiger partial charge is 0.247 e. The average Bonchev–Trinajstić information content (AvgIpc) is 3.05. The van der Waals surface area contributed by atoms with Crippen molar-refractivity contribution in [2.75, 3.05) is 12.4 Å². The van der Waals surface area contributed by atoms with E-state index in [-0.39, 0.29) is 23.1 Å². The van der Waals surface area contributed by atoms with Crippen LogP contribution in [0.5, 0.6) is 5.75 Å². The van der Waals surface area contributed by atoms with Crippen LogP contribution in [0.25, 0.3) is 0 Å². The Kier molecular flexibility index (Phi) is 6.09. The van der Waals surface area contributed by atoms with Gasteiger partial charge in [0, 0.05) is 6.92 Å².